The van der Waals surface area contributed by atoms with Gasteiger partial charge in [0.15, 0.2) is 0 Å². The number of likely N-dealkylation sites (tertiary alicyclic amines) is 1. The zero-order chi connectivity index (χ0) is 19.6. The molecule has 1 atom stereocenters. The Morgan fingerprint density at radius 3 is 2.57 bits per heavy atom. The Balaban J connectivity index is 1.37. The summed E-state index contributed by atoms with van der Waals surface area (Å²) < 4.78 is 6.27. The van der Waals surface area contributed by atoms with Crippen LogP contribution in [0, 0.1) is 6.92 Å². The zero-order valence-electron chi connectivity index (χ0n) is 16.8. The number of aryl methyl sites for hydroxylation is 1. The highest BCUT2D eigenvalue weighted by molar-refractivity contribution is 5.97. The summed E-state index contributed by atoms with van der Waals surface area (Å²) in [6.45, 7) is 7.60. The van der Waals surface area contributed by atoms with Crippen molar-refractivity contribution in [3.8, 4) is 0 Å². The average molecular weight is 380 g/mol. The molecule has 3 heterocycles. The van der Waals surface area contributed by atoms with Crippen molar-refractivity contribution in [2.75, 3.05) is 31.1 Å². The standard InChI is InChI=1S/C23H29N3O2/c1-18-8-9-20(24-16-18)10-13-25-14-11-23(12-15-25)17-26(22(27)19(2)28-23)21-6-4-3-5-7-21/h3-9,16,19H,10-15,17H2,1-2H3. The number of aromatic nitrogens is 1. The first-order valence-electron chi connectivity index (χ1n) is 10.2. The second-order valence-electron chi connectivity index (χ2n) is 8.12. The highest BCUT2D eigenvalue weighted by atomic mass is 16.5. The van der Waals surface area contributed by atoms with Crippen LogP contribution in [0.3, 0.4) is 0 Å². The summed E-state index contributed by atoms with van der Waals surface area (Å²) in [7, 11) is 0. The molecule has 1 aromatic heterocycles. The Labute approximate surface area is 167 Å². The molecule has 5 nitrogen and oxygen atoms in total. The maximum absolute atomic E-state index is 12.7. The summed E-state index contributed by atoms with van der Waals surface area (Å²) in [6, 6.07) is 14.2. The van der Waals surface area contributed by atoms with E-state index in [9.17, 15) is 4.79 Å². The topological polar surface area (TPSA) is 45.7 Å². The second-order valence-corrected chi connectivity index (χ2v) is 8.12. The van der Waals surface area contributed by atoms with Crippen LogP contribution in [0.1, 0.15) is 31.0 Å². The number of anilines is 1. The molecule has 2 aromatic rings. The Morgan fingerprint density at radius 2 is 1.89 bits per heavy atom. The number of para-hydroxylation sites is 1. The molecular weight excluding hydrogens is 350 g/mol. The molecule has 2 fully saturated rings. The molecule has 0 bridgehead atoms. The summed E-state index contributed by atoms with van der Waals surface area (Å²) in [5.41, 5.74) is 3.08. The molecule has 0 saturated carbocycles. The molecule has 1 amide bonds. The van der Waals surface area contributed by atoms with Gasteiger partial charge in [0.1, 0.15) is 6.10 Å². The first kappa shape index (κ1) is 19.1. The van der Waals surface area contributed by atoms with Crippen LogP contribution in [0.4, 0.5) is 5.69 Å². The molecule has 1 unspecified atom stereocenters. The van der Waals surface area contributed by atoms with Crippen molar-refractivity contribution >= 4 is 11.6 Å². The van der Waals surface area contributed by atoms with Gasteiger partial charge in [0.2, 0.25) is 0 Å². The van der Waals surface area contributed by atoms with Gasteiger partial charge in [-0.05, 0) is 50.5 Å². The van der Waals surface area contributed by atoms with E-state index in [1.54, 1.807) is 0 Å². The van der Waals surface area contributed by atoms with Crippen LogP contribution in [0.25, 0.3) is 0 Å². The number of ether oxygens (including phenoxy) is 1. The van der Waals surface area contributed by atoms with Gasteiger partial charge < -0.3 is 14.5 Å². The predicted octanol–water partition coefficient (Wildman–Crippen LogP) is 3.22. The second kappa shape index (κ2) is 8.02. The molecule has 2 saturated heterocycles. The third-order valence-electron chi connectivity index (χ3n) is 5.98. The molecule has 2 aliphatic heterocycles. The fraction of sp³-hybridized carbons (Fsp3) is 0.478. The van der Waals surface area contributed by atoms with E-state index in [-0.39, 0.29) is 11.5 Å². The lowest BCUT2D eigenvalue weighted by Crippen LogP contribution is -2.61. The summed E-state index contributed by atoms with van der Waals surface area (Å²) in [6.07, 6.45) is 4.42. The number of hydrogen-bond donors (Lipinski definition) is 0. The smallest absolute Gasteiger partial charge is 0.255 e. The van der Waals surface area contributed by atoms with E-state index in [0.717, 1.165) is 50.3 Å². The molecule has 148 valence electrons. The van der Waals surface area contributed by atoms with Crippen LogP contribution in [-0.4, -0.2) is 53.7 Å². The Kier molecular flexibility index (Phi) is 5.47. The molecular formula is C23H29N3O2. The maximum Gasteiger partial charge on any atom is 0.255 e. The predicted molar refractivity (Wildman–Crippen MR) is 110 cm³/mol. The number of pyridine rings is 1. The number of amides is 1. The van der Waals surface area contributed by atoms with Gasteiger partial charge in [-0.15, -0.1) is 0 Å². The Hall–Kier alpha value is -2.24. The third-order valence-corrected chi connectivity index (χ3v) is 5.98. The van der Waals surface area contributed by atoms with E-state index < -0.39 is 6.10 Å². The molecule has 5 heteroatoms. The minimum absolute atomic E-state index is 0.0599. The molecule has 0 N–H and O–H groups in total. The number of benzene rings is 1. The summed E-state index contributed by atoms with van der Waals surface area (Å²) in [5.74, 6) is 0.0599. The van der Waals surface area contributed by atoms with Crippen LogP contribution in [0.5, 0.6) is 0 Å². The number of morpholine rings is 1. The molecule has 0 radical (unpaired) electrons. The van der Waals surface area contributed by atoms with Crippen molar-refractivity contribution in [3.05, 3.63) is 59.9 Å². The first-order valence-corrected chi connectivity index (χ1v) is 10.2. The fourth-order valence-electron chi connectivity index (χ4n) is 4.25. The van der Waals surface area contributed by atoms with Gasteiger partial charge in [-0.1, -0.05) is 24.3 Å². The quantitative estimate of drug-likeness (QED) is 0.818. The van der Waals surface area contributed by atoms with Crippen LogP contribution in [-0.2, 0) is 16.0 Å². The lowest BCUT2D eigenvalue weighted by atomic mass is 9.88. The monoisotopic (exact) mass is 379 g/mol. The van der Waals surface area contributed by atoms with E-state index in [1.807, 2.05) is 48.4 Å². The van der Waals surface area contributed by atoms with E-state index in [1.165, 1.54) is 5.56 Å². The largest absolute Gasteiger partial charge is 0.360 e. The molecule has 1 aromatic carbocycles. The molecule has 4 rings (SSSR count). The van der Waals surface area contributed by atoms with Crippen LogP contribution >= 0.6 is 0 Å². The lowest BCUT2D eigenvalue weighted by Gasteiger charge is -2.49. The summed E-state index contributed by atoms with van der Waals surface area (Å²) >= 11 is 0. The maximum atomic E-state index is 12.7. The normalized spacial score (nSPS) is 22.6. The fourth-order valence-corrected chi connectivity index (χ4v) is 4.25. The van der Waals surface area contributed by atoms with Crippen molar-refractivity contribution in [3.63, 3.8) is 0 Å². The van der Waals surface area contributed by atoms with Crippen molar-refractivity contribution in [1.29, 1.82) is 0 Å². The SMILES string of the molecule is Cc1ccc(CCN2CCC3(CC2)CN(c2ccccc2)C(=O)C(C)O3)nc1. The third kappa shape index (κ3) is 4.10. The highest BCUT2D eigenvalue weighted by Crippen LogP contribution is 2.34. The average Bonchev–Trinajstić information content (AvgIpc) is 2.72. The van der Waals surface area contributed by atoms with Gasteiger partial charge in [0.05, 0.1) is 12.1 Å². The van der Waals surface area contributed by atoms with Gasteiger partial charge in [0.25, 0.3) is 5.91 Å². The van der Waals surface area contributed by atoms with Crippen molar-refractivity contribution in [2.45, 2.75) is 44.8 Å². The van der Waals surface area contributed by atoms with Crippen molar-refractivity contribution in [1.82, 2.24) is 9.88 Å². The highest BCUT2D eigenvalue weighted by Gasteiger charge is 2.45. The van der Waals surface area contributed by atoms with Crippen molar-refractivity contribution in [2.24, 2.45) is 0 Å². The molecule has 1 spiro atoms. The van der Waals surface area contributed by atoms with E-state index in [0.29, 0.717) is 6.54 Å². The van der Waals surface area contributed by atoms with Crippen molar-refractivity contribution < 1.29 is 9.53 Å². The number of rotatable bonds is 4. The number of hydrogen-bond acceptors (Lipinski definition) is 4. The molecule has 28 heavy (non-hydrogen) atoms. The number of carbonyl (C=O) groups excluding carboxylic acids is 1. The Bertz CT molecular complexity index is 798. The first-order chi connectivity index (χ1) is 13.5. The van der Waals surface area contributed by atoms with Gasteiger partial charge in [0, 0.05) is 43.6 Å². The Morgan fingerprint density at radius 1 is 1.14 bits per heavy atom. The molecule has 0 aliphatic carbocycles. The van der Waals surface area contributed by atoms with Gasteiger partial charge in [-0.25, -0.2) is 0 Å². The van der Waals surface area contributed by atoms with Crippen LogP contribution in [0.2, 0.25) is 0 Å². The van der Waals surface area contributed by atoms with E-state index >= 15 is 0 Å². The minimum atomic E-state index is -0.391. The summed E-state index contributed by atoms with van der Waals surface area (Å²) in [4.78, 5) is 21.6. The lowest BCUT2D eigenvalue weighted by molar-refractivity contribution is -0.161. The summed E-state index contributed by atoms with van der Waals surface area (Å²) in [5, 5.41) is 0. The van der Waals surface area contributed by atoms with Gasteiger partial charge in [-0.2, -0.15) is 0 Å². The molecule has 2 aliphatic rings. The van der Waals surface area contributed by atoms with Crippen LogP contribution < -0.4 is 4.90 Å². The number of nitrogens with zero attached hydrogens (tertiary/aromatic N) is 3. The van der Waals surface area contributed by atoms with Gasteiger partial charge in [-0.3, -0.25) is 9.78 Å². The van der Waals surface area contributed by atoms with E-state index in [4.69, 9.17) is 4.74 Å². The van der Waals surface area contributed by atoms with Gasteiger partial charge >= 0.3 is 0 Å². The number of carbonyl (C=O) groups is 1. The van der Waals surface area contributed by atoms with E-state index in [2.05, 4.69) is 28.9 Å². The minimum Gasteiger partial charge on any atom is -0.360 e. The van der Waals surface area contributed by atoms with Crippen LogP contribution in [0.15, 0.2) is 48.7 Å². The number of piperidine rings is 1. The zero-order valence-corrected chi connectivity index (χ0v) is 16.8.